The van der Waals surface area contributed by atoms with E-state index in [0.717, 1.165) is 35.3 Å². The Morgan fingerprint density at radius 1 is 0.906 bits per heavy atom. The van der Waals surface area contributed by atoms with Crippen LogP contribution in [0.3, 0.4) is 0 Å². The van der Waals surface area contributed by atoms with Gasteiger partial charge in [-0.2, -0.15) is 0 Å². The second-order valence-corrected chi connectivity index (χ2v) is 8.79. The molecule has 1 N–H and O–H groups in total. The quantitative estimate of drug-likeness (QED) is 0.674. The average molecular weight is 454 g/mol. The van der Waals surface area contributed by atoms with E-state index in [0.29, 0.717) is 48.3 Å². The summed E-state index contributed by atoms with van der Waals surface area (Å²) in [6, 6.07) is 11.3. The molecule has 4 rings (SSSR count). The highest BCUT2D eigenvalue weighted by molar-refractivity contribution is 6.36. The number of nitrogens with one attached hydrogen (secondary N) is 1. The summed E-state index contributed by atoms with van der Waals surface area (Å²) in [4.78, 5) is 30.5. The van der Waals surface area contributed by atoms with Gasteiger partial charge in [0, 0.05) is 36.9 Å². The molecule has 2 aromatic rings. The number of benzene rings is 2. The third kappa shape index (κ3) is 4.58. The van der Waals surface area contributed by atoms with Gasteiger partial charge in [0.25, 0.3) is 11.8 Å². The Hall–Kier alpha value is -2.67. The molecule has 2 heterocycles. The molecule has 2 aromatic carbocycles. The van der Waals surface area contributed by atoms with Crippen molar-refractivity contribution in [1.29, 1.82) is 0 Å². The molecular weight excluding hydrogens is 426 g/mol. The van der Waals surface area contributed by atoms with Crippen LogP contribution in [0.1, 0.15) is 22.3 Å². The number of anilines is 1. The third-order valence-electron chi connectivity index (χ3n) is 6.17. The highest BCUT2D eigenvalue weighted by Crippen LogP contribution is 2.32. The molecule has 0 bridgehead atoms. The van der Waals surface area contributed by atoms with Crippen molar-refractivity contribution in [1.82, 2.24) is 9.80 Å². The van der Waals surface area contributed by atoms with E-state index in [9.17, 15) is 9.59 Å². The van der Waals surface area contributed by atoms with Crippen molar-refractivity contribution in [3.05, 3.63) is 69.4 Å². The van der Waals surface area contributed by atoms with Gasteiger partial charge in [0.1, 0.15) is 5.70 Å². The molecule has 2 aliphatic rings. The summed E-state index contributed by atoms with van der Waals surface area (Å²) in [7, 11) is 0. The van der Waals surface area contributed by atoms with E-state index in [1.54, 1.807) is 12.1 Å². The lowest BCUT2D eigenvalue weighted by molar-refractivity contribution is -0.137. The zero-order valence-electron chi connectivity index (χ0n) is 18.7. The maximum Gasteiger partial charge on any atom is 0.278 e. The van der Waals surface area contributed by atoms with Crippen molar-refractivity contribution in [2.24, 2.45) is 0 Å². The summed E-state index contributed by atoms with van der Waals surface area (Å²) in [6.45, 7) is 9.90. The number of carbonyl (C=O) groups excluding carboxylic acids is 2. The molecule has 0 aromatic heterocycles. The number of aryl methyl sites for hydroxylation is 3. The van der Waals surface area contributed by atoms with Crippen LogP contribution in [0.4, 0.5) is 5.69 Å². The van der Waals surface area contributed by atoms with E-state index in [1.165, 1.54) is 4.90 Å². The zero-order chi connectivity index (χ0) is 22.8. The molecule has 0 saturated carbocycles. The SMILES string of the molecule is Cc1ccc(C2=C(Nc3cc(Cl)ccc3C)C(=O)N(CCN3CCOCC3)C2=O)cc1C. The van der Waals surface area contributed by atoms with Gasteiger partial charge < -0.3 is 10.1 Å². The molecule has 1 fully saturated rings. The highest BCUT2D eigenvalue weighted by atomic mass is 35.5. The number of carbonyl (C=O) groups is 2. The van der Waals surface area contributed by atoms with Gasteiger partial charge in [0.15, 0.2) is 0 Å². The van der Waals surface area contributed by atoms with Crippen LogP contribution in [0.15, 0.2) is 42.1 Å². The van der Waals surface area contributed by atoms with Crippen LogP contribution in [0.25, 0.3) is 5.57 Å². The van der Waals surface area contributed by atoms with Gasteiger partial charge in [-0.15, -0.1) is 0 Å². The Bertz CT molecular complexity index is 1090. The number of ether oxygens (including phenoxy) is 1. The van der Waals surface area contributed by atoms with Gasteiger partial charge in [-0.3, -0.25) is 19.4 Å². The lowest BCUT2D eigenvalue weighted by Gasteiger charge is -2.28. The predicted molar refractivity (Wildman–Crippen MR) is 127 cm³/mol. The normalized spacial score (nSPS) is 17.4. The molecule has 1 saturated heterocycles. The minimum absolute atomic E-state index is 0.270. The molecular formula is C25H28ClN3O3. The van der Waals surface area contributed by atoms with Gasteiger partial charge in [-0.1, -0.05) is 35.9 Å². The van der Waals surface area contributed by atoms with Crippen LogP contribution < -0.4 is 5.32 Å². The van der Waals surface area contributed by atoms with Crippen molar-refractivity contribution in [3.63, 3.8) is 0 Å². The zero-order valence-corrected chi connectivity index (χ0v) is 19.5. The summed E-state index contributed by atoms with van der Waals surface area (Å²) < 4.78 is 5.40. The van der Waals surface area contributed by atoms with Gasteiger partial charge in [-0.25, -0.2) is 0 Å². The molecule has 0 atom stereocenters. The van der Waals surface area contributed by atoms with Gasteiger partial charge in [-0.05, 0) is 55.2 Å². The van der Waals surface area contributed by atoms with Crippen LogP contribution >= 0.6 is 11.6 Å². The van der Waals surface area contributed by atoms with Crippen LogP contribution in [-0.4, -0.2) is 61.0 Å². The Labute approximate surface area is 193 Å². The molecule has 2 aliphatic heterocycles. The largest absolute Gasteiger partial charge is 0.379 e. The number of halogens is 1. The first kappa shape index (κ1) is 22.5. The molecule has 6 nitrogen and oxygen atoms in total. The lowest BCUT2D eigenvalue weighted by Crippen LogP contribution is -2.43. The summed E-state index contributed by atoms with van der Waals surface area (Å²) in [5.74, 6) is -0.579. The second-order valence-electron chi connectivity index (χ2n) is 8.35. The van der Waals surface area contributed by atoms with Crippen molar-refractivity contribution in [3.8, 4) is 0 Å². The number of morpholine rings is 1. The Kier molecular flexibility index (Phi) is 6.65. The molecule has 32 heavy (non-hydrogen) atoms. The molecule has 2 amide bonds. The lowest BCUT2D eigenvalue weighted by atomic mass is 9.99. The summed E-state index contributed by atoms with van der Waals surface area (Å²) in [5, 5.41) is 3.79. The monoisotopic (exact) mass is 453 g/mol. The smallest absolute Gasteiger partial charge is 0.278 e. The van der Waals surface area contributed by atoms with Crippen LogP contribution in [0, 0.1) is 20.8 Å². The van der Waals surface area contributed by atoms with Crippen LogP contribution in [-0.2, 0) is 14.3 Å². The number of hydrogen-bond acceptors (Lipinski definition) is 5. The molecule has 168 valence electrons. The Morgan fingerprint density at radius 2 is 1.62 bits per heavy atom. The first-order valence-corrected chi connectivity index (χ1v) is 11.2. The fraction of sp³-hybridized carbons (Fsp3) is 0.360. The standard InChI is InChI=1S/C25H28ClN3O3/c1-16-4-6-19(14-18(16)3)22-23(27-21-15-20(26)7-5-17(21)2)25(31)29(24(22)30)9-8-28-10-12-32-13-11-28/h4-7,14-15,27H,8-13H2,1-3H3. The minimum Gasteiger partial charge on any atom is -0.379 e. The topological polar surface area (TPSA) is 61.9 Å². The Morgan fingerprint density at radius 3 is 2.34 bits per heavy atom. The molecule has 7 heteroatoms. The first-order valence-electron chi connectivity index (χ1n) is 10.9. The van der Waals surface area contributed by atoms with E-state index in [1.807, 2.05) is 45.0 Å². The summed E-state index contributed by atoms with van der Waals surface area (Å²) in [6.07, 6.45) is 0. The van der Waals surface area contributed by atoms with E-state index < -0.39 is 0 Å². The maximum atomic E-state index is 13.5. The Balaban J connectivity index is 1.68. The highest BCUT2D eigenvalue weighted by Gasteiger charge is 2.39. The number of nitrogens with zero attached hydrogens (tertiary/aromatic N) is 2. The fourth-order valence-corrected chi connectivity index (χ4v) is 4.16. The predicted octanol–water partition coefficient (Wildman–Crippen LogP) is 3.79. The van der Waals surface area contributed by atoms with E-state index in [4.69, 9.17) is 16.3 Å². The first-order chi connectivity index (χ1) is 15.3. The van der Waals surface area contributed by atoms with E-state index in [2.05, 4.69) is 10.2 Å². The number of hydrogen-bond donors (Lipinski definition) is 1. The third-order valence-corrected chi connectivity index (χ3v) is 6.40. The second kappa shape index (κ2) is 9.45. The average Bonchev–Trinajstić information content (AvgIpc) is 3.01. The fourth-order valence-electron chi connectivity index (χ4n) is 3.99. The summed E-state index contributed by atoms with van der Waals surface area (Å²) >= 11 is 6.19. The van der Waals surface area contributed by atoms with Gasteiger partial charge in [0.05, 0.1) is 18.8 Å². The number of rotatable bonds is 6. The number of imide groups is 1. The van der Waals surface area contributed by atoms with Crippen molar-refractivity contribution in [2.75, 3.05) is 44.7 Å². The van der Waals surface area contributed by atoms with Gasteiger partial charge in [0.2, 0.25) is 0 Å². The molecule has 0 spiro atoms. The minimum atomic E-state index is -0.309. The summed E-state index contributed by atoms with van der Waals surface area (Å²) in [5.41, 5.74) is 5.29. The maximum absolute atomic E-state index is 13.5. The van der Waals surface area contributed by atoms with Crippen molar-refractivity contribution < 1.29 is 14.3 Å². The van der Waals surface area contributed by atoms with Crippen LogP contribution in [0.5, 0.6) is 0 Å². The number of amides is 2. The van der Waals surface area contributed by atoms with Crippen molar-refractivity contribution in [2.45, 2.75) is 20.8 Å². The van der Waals surface area contributed by atoms with E-state index in [-0.39, 0.29) is 11.8 Å². The molecule has 0 radical (unpaired) electrons. The molecule has 0 unspecified atom stereocenters. The van der Waals surface area contributed by atoms with Crippen LogP contribution in [0.2, 0.25) is 5.02 Å². The van der Waals surface area contributed by atoms with E-state index >= 15 is 0 Å². The van der Waals surface area contributed by atoms with Crippen molar-refractivity contribution >= 4 is 34.7 Å². The van der Waals surface area contributed by atoms with Gasteiger partial charge >= 0.3 is 0 Å². The molecule has 0 aliphatic carbocycles.